The van der Waals surface area contributed by atoms with Gasteiger partial charge in [0.15, 0.2) is 0 Å². The van der Waals surface area contributed by atoms with Crippen LogP contribution < -0.4 is 15.0 Å². The van der Waals surface area contributed by atoms with Crippen LogP contribution in [0.5, 0.6) is 5.75 Å². The van der Waals surface area contributed by atoms with Crippen molar-refractivity contribution in [1.82, 2.24) is 4.90 Å². The number of rotatable bonds is 6. The fourth-order valence-corrected chi connectivity index (χ4v) is 8.30. The van der Waals surface area contributed by atoms with E-state index in [0.717, 1.165) is 6.42 Å². The number of halogens is 3. The van der Waals surface area contributed by atoms with Gasteiger partial charge in [-0.2, -0.15) is 0 Å². The van der Waals surface area contributed by atoms with E-state index in [0.29, 0.717) is 59.1 Å². The summed E-state index contributed by atoms with van der Waals surface area (Å²) in [6, 6.07) is 14.4. The Balaban J connectivity index is 1.43. The molecule has 3 aliphatic heterocycles. The normalized spacial score (nSPS) is 28.6. The molecule has 1 N–H and O–H groups in total. The predicted molar refractivity (Wildman–Crippen MR) is 168 cm³/mol. The van der Waals surface area contributed by atoms with E-state index in [1.54, 1.807) is 41.3 Å². The summed E-state index contributed by atoms with van der Waals surface area (Å²) in [7, 11) is 2.76. The van der Waals surface area contributed by atoms with Crippen molar-refractivity contribution in [1.29, 1.82) is 0 Å². The van der Waals surface area contributed by atoms with Crippen LogP contribution in [0.2, 0.25) is 10.0 Å². The highest BCUT2D eigenvalue weighted by atomic mass is 35.5. The van der Waals surface area contributed by atoms with E-state index in [1.807, 2.05) is 6.07 Å². The summed E-state index contributed by atoms with van der Waals surface area (Å²) in [5, 5.41) is 3.42. The summed E-state index contributed by atoms with van der Waals surface area (Å²) in [4.78, 5) is 45.5. The van der Waals surface area contributed by atoms with Gasteiger partial charge in [0.2, 0.25) is 11.8 Å². The van der Waals surface area contributed by atoms with Crippen molar-refractivity contribution in [3.05, 3.63) is 87.2 Å². The summed E-state index contributed by atoms with van der Waals surface area (Å²) in [6.45, 7) is 3.10. The molecular weight excluding hydrogens is 620 g/mol. The summed E-state index contributed by atoms with van der Waals surface area (Å²) >= 11 is 12.7. The molecule has 2 amide bonds. The Morgan fingerprint density at radius 3 is 2.60 bits per heavy atom. The molecule has 2 unspecified atom stereocenters. The zero-order valence-corrected chi connectivity index (χ0v) is 26.5. The van der Waals surface area contributed by atoms with Gasteiger partial charge in [-0.1, -0.05) is 48.3 Å². The van der Waals surface area contributed by atoms with Gasteiger partial charge in [-0.3, -0.25) is 14.5 Å². The molecule has 3 aromatic carbocycles. The Kier molecular flexibility index (Phi) is 7.34. The molecule has 11 heteroatoms. The molecule has 0 aromatic heterocycles. The molecule has 0 radical (unpaired) electrons. The lowest BCUT2D eigenvalue weighted by atomic mass is 9.70. The molecule has 4 aliphatic rings. The largest absolute Gasteiger partial charge is 0.495 e. The van der Waals surface area contributed by atoms with Crippen LogP contribution in [-0.4, -0.2) is 56.0 Å². The Labute approximate surface area is 270 Å². The van der Waals surface area contributed by atoms with E-state index >= 15 is 4.39 Å². The monoisotopic (exact) mass is 651 g/mol. The van der Waals surface area contributed by atoms with Gasteiger partial charge in [-0.15, -0.1) is 0 Å². The van der Waals surface area contributed by atoms with Gasteiger partial charge >= 0.3 is 5.97 Å². The quantitative estimate of drug-likeness (QED) is 0.317. The van der Waals surface area contributed by atoms with Crippen LogP contribution in [0.1, 0.15) is 47.2 Å². The Morgan fingerprint density at radius 2 is 1.89 bits per heavy atom. The lowest BCUT2D eigenvalue weighted by molar-refractivity contribution is -0.128. The number of nitrogens with one attached hydrogen (secondary N) is 1. The van der Waals surface area contributed by atoms with E-state index in [4.69, 9.17) is 32.7 Å². The first-order valence-corrected chi connectivity index (χ1v) is 15.8. The molecule has 3 fully saturated rings. The van der Waals surface area contributed by atoms with Crippen LogP contribution in [0, 0.1) is 23.6 Å². The Hall–Kier alpha value is -3.66. The average Bonchev–Trinajstić information content (AvgIpc) is 3.55. The third-order valence-electron chi connectivity index (χ3n) is 10.2. The summed E-state index contributed by atoms with van der Waals surface area (Å²) in [6.07, 6.45) is 1.54. The van der Waals surface area contributed by atoms with Gasteiger partial charge in [0, 0.05) is 41.3 Å². The van der Waals surface area contributed by atoms with Crippen molar-refractivity contribution in [2.24, 2.45) is 17.8 Å². The zero-order valence-electron chi connectivity index (χ0n) is 25.0. The van der Waals surface area contributed by atoms with Gasteiger partial charge < -0.3 is 19.7 Å². The number of benzene rings is 3. The maximum Gasteiger partial charge on any atom is 0.337 e. The molecule has 0 bridgehead atoms. The molecule has 1 saturated carbocycles. The Bertz CT molecular complexity index is 1750. The van der Waals surface area contributed by atoms with E-state index in [-0.39, 0.29) is 34.0 Å². The van der Waals surface area contributed by atoms with Crippen LogP contribution in [0.3, 0.4) is 0 Å². The maximum atomic E-state index is 16.2. The second-order valence-electron chi connectivity index (χ2n) is 12.4. The Morgan fingerprint density at radius 1 is 1.11 bits per heavy atom. The second-order valence-corrected chi connectivity index (χ2v) is 13.3. The van der Waals surface area contributed by atoms with Crippen LogP contribution in [0.15, 0.2) is 54.6 Å². The number of anilines is 2. The number of nitrogens with zero attached hydrogens (tertiary/aromatic N) is 2. The number of piperidine rings is 1. The van der Waals surface area contributed by atoms with Crippen LogP contribution in [0.25, 0.3) is 0 Å². The molecule has 3 heterocycles. The standard InChI is InChI=1S/C34H32Cl2FN3O5/c1-17-13-19(17)16-40-26-11-12-39(25-10-7-18(32(42)45-3)14-27(25)44-2)31(41)28(26)29(21-5-4-6-23(36)30(21)37)34(40)22-9-8-20(35)15-24(22)38-33(34)43/h4-10,14-15,17,19,26,28-29H,11-13,16H2,1-3H3,(H,38,43)/t17?,19?,26-,28+,29-,34+/m0/s1. The van der Waals surface area contributed by atoms with E-state index in [2.05, 4.69) is 17.1 Å². The molecule has 8 nitrogen and oxygen atoms in total. The first kappa shape index (κ1) is 30.0. The van der Waals surface area contributed by atoms with Crippen molar-refractivity contribution in [3.63, 3.8) is 0 Å². The molecule has 7 rings (SSSR count). The van der Waals surface area contributed by atoms with Gasteiger partial charge in [0.1, 0.15) is 17.1 Å². The SMILES string of the molecule is COC(=O)c1ccc(N2CC[C@H]3[C@@H](C2=O)[C@H](c2cccc(Cl)c2F)[C@]2(C(=O)Nc4cc(Cl)ccc42)N3CC2CC2C)c(OC)c1. The lowest BCUT2D eigenvalue weighted by Gasteiger charge is -2.40. The third kappa shape index (κ3) is 4.46. The van der Waals surface area contributed by atoms with Crippen molar-refractivity contribution in [3.8, 4) is 5.75 Å². The van der Waals surface area contributed by atoms with Crippen LogP contribution in [0.4, 0.5) is 15.8 Å². The van der Waals surface area contributed by atoms with Crippen molar-refractivity contribution >= 4 is 52.4 Å². The molecule has 1 spiro atoms. The first-order valence-electron chi connectivity index (χ1n) is 15.0. The lowest BCUT2D eigenvalue weighted by Crippen LogP contribution is -2.54. The van der Waals surface area contributed by atoms with E-state index in [9.17, 15) is 14.4 Å². The summed E-state index contributed by atoms with van der Waals surface area (Å²) in [5.74, 6) is -2.33. The molecule has 45 heavy (non-hydrogen) atoms. The minimum atomic E-state index is -1.38. The smallest absolute Gasteiger partial charge is 0.337 e. The van der Waals surface area contributed by atoms with Crippen molar-refractivity contribution in [2.45, 2.75) is 37.3 Å². The minimum Gasteiger partial charge on any atom is -0.495 e. The van der Waals surface area contributed by atoms with E-state index in [1.165, 1.54) is 26.4 Å². The maximum absolute atomic E-state index is 16.2. The molecule has 6 atom stereocenters. The van der Waals surface area contributed by atoms with Gasteiger partial charge in [0.25, 0.3) is 0 Å². The topological polar surface area (TPSA) is 88.2 Å². The number of esters is 1. The minimum absolute atomic E-state index is 0.0802. The summed E-state index contributed by atoms with van der Waals surface area (Å²) < 4.78 is 26.7. The number of carbonyl (C=O) groups excluding carboxylic acids is 3. The molecule has 234 valence electrons. The highest BCUT2D eigenvalue weighted by Gasteiger charge is 2.70. The van der Waals surface area contributed by atoms with E-state index < -0.39 is 29.2 Å². The van der Waals surface area contributed by atoms with Gasteiger partial charge in [-0.05, 0) is 66.6 Å². The summed E-state index contributed by atoms with van der Waals surface area (Å²) in [5.41, 5.74) is 0.810. The number of likely N-dealkylation sites (tertiary alicyclic amines) is 1. The van der Waals surface area contributed by atoms with Crippen LogP contribution >= 0.6 is 23.2 Å². The van der Waals surface area contributed by atoms with Crippen molar-refractivity contribution < 1.29 is 28.2 Å². The fourth-order valence-electron chi connectivity index (χ4n) is 7.95. The highest BCUT2D eigenvalue weighted by Crippen LogP contribution is 2.63. The first-order chi connectivity index (χ1) is 21.6. The number of ether oxygens (including phenoxy) is 2. The predicted octanol–water partition coefficient (Wildman–Crippen LogP) is 6.25. The number of methoxy groups -OCH3 is 2. The number of hydrogen-bond acceptors (Lipinski definition) is 6. The number of carbonyl (C=O) groups is 3. The molecule has 1 aliphatic carbocycles. The average molecular weight is 653 g/mol. The number of amides is 2. The van der Waals surface area contributed by atoms with Crippen LogP contribution in [-0.2, 0) is 19.9 Å². The molecular formula is C34H32Cl2FN3O5. The van der Waals surface area contributed by atoms with Crippen molar-refractivity contribution in [2.75, 3.05) is 37.5 Å². The highest BCUT2D eigenvalue weighted by molar-refractivity contribution is 6.31. The fraction of sp³-hybridized carbons (Fsp3) is 0.382. The van der Waals surface area contributed by atoms with Gasteiger partial charge in [0.05, 0.1) is 36.4 Å². The second kappa shape index (κ2) is 11.0. The molecule has 2 saturated heterocycles. The zero-order chi connectivity index (χ0) is 31.8. The molecule has 3 aromatic rings. The number of fused-ring (bicyclic) bond motifs is 3. The number of hydrogen-bond donors (Lipinski definition) is 1. The van der Waals surface area contributed by atoms with Gasteiger partial charge in [-0.25, -0.2) is 9.18 Å². The third-order valence-corrected chi connectivity index (χ3v) is 10.7.